The third-order valence-corrected chi connectivity index (χ3v) is 7.91. The van der Waals surface area contributed by atoms with Crippen LogP contribution in [0.2, 0.25) is 0 Å². The highest BCUT2D eigenvalue weighted by Crippen LogP contribution is 2.42. The van der Waals surface area contributed by atoms with Crippen LogP contribution in [0.1, 0.15) is 65.9 Å². The van der Waals surface area contributed by atoms with Gasteiger partial charge >= 0.3 is 0 Å². The molecule has 35 heavy (non-hydrogen) atoms. The Bertz CT molecular complexity index is 1100. The van der Waals surface area contributed by atoms with Crippen LogP contribution >= 0.6 is 0 Å². The molecule has 3 fully saturated rings. The average molecular weight is 477 g/mol. The van der Waals surface area contributed by atoms with Gasteiger partial charge in [0.25, 0.3) is 5.91 Å². The standard InChI is InChI=1S/C29H33FN2O3/c30-24-11-9-23(10-12-24)28(34)31-17-3-4-18-32-25(19-31)27(26(32)20-33)22-7-5-21(6-8-22)13-16-29(35)14-1-2-15-29/h5-12,25-27,33,35H,1-4,14-15,17-20H2/t25-,26-,27+/m0/s1. The summed E-state index contributed by atoms with van der Waals surface area (Å²) in [5.41, 5.74) is 1.65. The predicted octanol–water partition coefficient (Wildman–Crippen LogP) is 3.55. The number of aliphatic hydroxyl groups excluding tert-OH is 1. The van der Waals surface area contributed by atoms with E-state index in [0.29, 0.717) is 18.7 Å². The SMILES string of the molecule is O=C(c1ccc(F)cc1)N1CCCCN2[C@@H](CO)[C@H](c3ccc(C#CC4(O)CCCC4)cc3)[C@@H]2C1. The molecule has 1 aliphatic carbocycles. The third-order valence-electron chi connectivity index (χ3n) is 7.91. The van der Waals surface area contributed by atoms with E-state index in [1.165, 1.54) is 12.1 Å². The predicted molar refractivity (Wildman–Crippen MR) is 132 cm³/mol. The molecule has 5 rings (SSSR count). The summed E-state index contributed by atoms with van der Waals surface area (Å²) in [4.78, 5) is 17.4. The van der Waals surface area contributed by atoms with Crippen molar-refractivity contribution in [2.75, 3.05) is 26.2 Å². The number of hydrogen-bond acceptors (Lipinski definition) is 4. The number of fused-ring (bicyclic) bond motifs is 1. The third kappa shape index (κ3) is 4.99. The van der Waals surface area contributed by atoms with E-state index in [9.17, 15) is 19.4 Å². The van der Waals surface area contributed by atoms with Crippen LogP contribution in [0.4, 0.5) is 4.39 Å². The lowest BCUT2D eigenvalue weighted by atomic mass is 9.74. The van der Waals surface area contributed by atoms with E-state index in [-0.39, 0.29) is 36.3 Å². The van der Waals surface area contributed by atoms with Crippen molar-refractivity contribution in [2.45, 2.75) is 62.1 Å². The molecule has 5 nitrogen and oxygen atoms in total. The van der Waals surface area contributed by atoms with E-state index >= 15 is 0 Å². The van der Waals surface area contributed by atoms with E-state index in [1.54, 1.807) is 12.1 Å². The number of hydrogen-bond donors (Lipinski definition) is 2. The van der Waals surface area contributed by atoms with Crippen molar-refractivity contribution in [3.63, 3.8) is 0 Å². The van der Waals surface area contributed by atoms with Crippen molar-refractivity contribution >= 4 is 5.91 Å². The van der Waals surface area contributed by atoms with Crippen LogP contribution in [0.3, 0.4) is 0 Å². The molecule has 3 atom stereocenters. The van der Waals surface area contributed by atoms with Crippen LogP contribution in [0.5, 0.6) is 0 Å². The van der Waals surface area contributed by atoms with Crippen molar-refractivity contribution in [1.82, 2.24) is 9.80 Å². The molecule has 0 unspecified atom stereocenters. The fraction of sp³-hybridized carbons (Fsp3) is 0.483. The molecular weight excluding hydrogens is 443 g/mol. The number of aliphatic hydroxyl groups is 2. The molecule has 1 amide bonds. The maximum absolute atomic E-state index is 13.4. The monoisotopic (exact) mass is 476 g/mol. The summed E-state index contributed by atoms with van der Waals surface area (Å²) in [6, 6.07) is 14.0. The number of benzene rings is 2. The molecule has 184 valence electrons. The first-order chi connectivity index (χ1) is 17.0. The van der Waals surface area contributed by atoms with Gasteiger partial charge in [0, 0.05) is 42.2 Å². The van der Waals surface area contributed by atoms with Crippen molar-refractivity contribution < 1.29 is 19.4 Å². The van der Waals surface area contributed by atoms with E-state index in [0.717, 1.165) is 56.2 Å². The molecule has 0 spiro atoms. The van der Waals surface area contributed by atoms with Crippen molar-refractivity contribution in [3.05, 3.63) is 71.0 Å². The number of amides is 1. The molecule has 1 saturated carbocycles. The Morgan fingerprint density at radius 3 is 2.37 bits per heavy atom. The minimum Gasteiger partial charge on any atom is -0.395 e. The summed E-state index contributed by atoms with van der Waals surface area (Å²) in [7, 11) is 0. The fourth-order valence-electron chi connectivity index (χ4n) is 5.96. The van der Waals surface area contributed by atoms with Crippen LogP contribution in [0.15, 0.2) is 48.5 Å². The Morgan fingerprint density at radius 2 is 1.69 bits per heavy atom. The highest BCUT2D eigenvalue weighted by molar-refractivity contribution is 5.94. The summed E-state index contributed by atoms with van der Waals surface area (Å²) in [6.07, 6.45) is 5.38. The second-order valence-corrected chi connectivity index (χ2v) is 10.2. The second kappa shape index (κ2) is 10.1. The molecular formula is C29H33FN2O3. The van der Waals surface area contributed by atoms with Gasteiger partial charge in [0.15, 0.2) is 0 Å². The van der Waals surface area contributed by atoms with Crippen molar-refractivity contribution in [3.8, 4) is 11.8 Å². The summed E-state index contributed by atoms with van der Waals surface area (Å²) < 4.78 is 13.4. The normalized spacial score (nSPS) is 26.0. The van der Waals surface area contributed by atoms with Crippen LogP contribution in [0.25, 0.3) is 0 Å². The minimum absolute atomic E-state index is 0.0250. The van der Waals surface area contributed by atoms with Gasteiger partial charge in [-0.25, -0.2) is 4.39 Å². The van der Waals surface area contributed by atoms with Gasteiger partial charge in [0.1, 0.15) is 11.4 Å². The maximum atomic E-state index is 13.4. The quantitative estimate of drug-likeness (QED) is 0.666. The smallest absolute Gasteiger partial charge is 0.253 e. The first-order valence-electron chi connectivity index (χ1n) is 12.7. The van der Waals surface area contributed by atoms with Gasteiger partial charge in [0.05, 0.1) is 6.61 Å². The average Bonchev–Trinajstić information content (AvgIpc) is 3.29. The van der Waals surface area contributed by atoms with Crippen molar-refractivity contribution in [1.29, 1.82) is 0 Å². The lowest BCUT2D eigenvalue weighted by Crippen LogP contribution is -2.67. The number of nitrogens with zero attached hydrogens (tertiary/aromatic N) is 2. The van der Waals surface area contributed by atoms with Crippen LogP contribution < -0.4 is 0 Å². The molecule has 0 bridgehead atoms. The number of halogens is 1. The van der Waals surface area contributed by atoms with Crippen LogP contribution in [0, 0.1) is 17.7 Å². The van der Waals surface area contributed by atoms with Gasteiger partial charge in [-0.3, -0.25) is 9.69 Å². The largest absolute Gasteiger partial charge is 0.395 e. The number of carbonyl (C=O) groups excluding carboxylic acids is 1. The Balaban J connectivity index is 1.34. The second-order valence-electron chi connectivity index (χ2n) is 10.2. The molecule has 2 saturated heterocycles. The van der Waals surface area contributed by atoms with Gasteiger partial charge in [-0.05, 0) is 87.0 Å². The van der Waals surface area contributed by atoms with E-state index in [4.69, 9.17) is 0 Å². The lowest BCUT2D eigenvalue weighted by molar-refractivity contribution is -0.0606. The highest BCUT2D eigenvalue weighted by atomic mass is 19.1. The fourth-order valence-corrected chi connectivity index (χ4v) is 5.96. The molecule has 3 aliphatic rings. The number of carbonyl (C=O) groups is 1. The van der Waals surface area contributed by atoms with E-state index in [2.05, 4.69) is 28.9 Å². The Morgan fingerprint density at radius 1 is 1.00 bits per heavy atom. The minimum atomic E-state index is -0.853. The van der Waals surface area contributed by atoms with Crippen molar-refractivity contribution in [2.24, 2.45) is 0 Å². The zero-order valence-corrected chi connectivity index (χ0v) is 20.0. The maximum Gasteiger partial charge on any atom is 0.253 e. The Hall–Kier alpha value is -2.72. The van der Waals surface area contributed by atoms with E-state index < -0.39 is 5.60 Å². The first-order valence-corrected chi connectivity index (χ1v) is 12.7. The van der Waals surface area contributed by atoms with Gasteiger partial charge < -0.3 is 15.1 Å². The summed E-state index contributed by atoms with van der Waals surface area (Å²) in [5.74, 6) is 5.88. The Labute approximate surface area is 206 Å². The molecule has 6 heteroatoms. The van der Waals surface area contributed by atoms with Gasteiger partial charge in [-0.15, -0.1) is 0 Å². The Kier molecular flexibility index (Phi) is 6.93. The molecule has 2 aromatic rings. The molecule has 2 aliphatic heterocycles. The summed E-state index contributed by atoms with van der Waals surface area (Å²) in [6.45, 7) is 2.23. The van der Waals surface area contributed by atoms with Gasteiger partial charge in [-0.2, -0.15) is 0 Å². The van der Waals surface area contributed by atoms with Crippen LogP contribution in [-0.4, -0.2) is 69.8 Å². The lowest BCUT2D eigenvalue weighted by Gasteiger charge is -2.57. The zero-order chi connectivity index (χ0) is 24.4. The molecule has 0 radical (unpaired) electrons. The van der Waals surface area contributed by atoms with E-state index in [1.807, 2.05) is 17.0 Å². The van der Waals surface area contributed by atoms with Gasteiger partial charge in [-0.1, -0.05) is 24.0 Å². The van der Waals surface area contributed by atoms with Crippen LogP contribution in [-0.2, 0) is 0 Å². The summed E-state index contributed by atoms with van der Waals surface area (Å²) >= 11 is 0. The number of rotatable bonds is 3. The molecule has 2 aromatic carbocycles. The highest BCUT2D eigenvalue weighted by Gasteiger charge is 2.49. The topological polar surface area (TPSA) is 64.0 Å². The zero-order valence-electron chi connectivity index (χ0n) is 20.0. The van der Waals surface area contributed by atoms with Gasteiger partial charge in [0.2, 0.25) is 0 Å². The molecule has 0 aromatic heterocycles. The molecule has 2 heterocycles. The molecule has 2 N–H and O–H groups in total. The summed E-state index contributed by atoms with van der Waals surface area (Å²) in [5, 5.41) is 20.7. The first kappa shape index (κ1) is 24.0.